The maximum atomic E-state index is 5.38. The van der Waals surface area contributed by atoms with Crippen LogP contribution < -0.4 is 25.0 Å². The third-order valence-electron chi connectivity index (χ3n) is 4.91. The molecule has 0 amide bonds. The van der Waals surface area contributed by atoms with Gasteiger partial charge in [0.25, 0.3) is 0 Å². The fourth-order valence-electron chi connectivity index (χ4n) is 3.37. The van der Waals surface area contributed by atoms with Crippen molar-refractivity contribution in [3.8, 4) is 11.5 Å². The van der Waals surface area contributed by atoms with Gasteiger partial charge in [0.15, 0.2) is 17.5 Å². The molecule has 0 radical (unpaired) electrons. The number of guanidine groups is 1. The number of rotatable bonds is 8. The Morgan fingerprint density at radius 3 is 2.50 bits per heavy atom. The van der Waals surface area contributed by atoms with Gasteiger partial charge in [-0.25, -0.2) is 9.98 Å². The minimum absolute atomic E-state index is 0. The normalized spacial score (nSPS) is 13.6. The number of ether oxygens (including phenoxy) is 2. The van der Waals surface area contributed by atoms with Crippen LogP contribution in [-0.2, 0) is 13.1 Å². The number of hydrogen-bond donors (Lipinski definition) is 2. The van der Waals surface area contributed by atoms with Gasteiger partial charge in [-0.05, 0) is 55.2 Å². The Hall–Kier alpha value is -2.23. The zero-order valence-corrected chi connectivity index (χ0v) is 20.3. The van der Waals surface area contributed by atoms with E-state index in [2.05, 4.69) is 33.5 Å². The highest BCUT2D eigenvalue weighted by Crippen LogP contribution is 2.27. The standard InChI is InChI=1S/C22H31N5O2.HI/c1-4-23-22(25-15-17-7-8-19(28-2)20(13-17)29-3)26-16-18-9-10-24-21(14-18)27-11-5-6-12-27;/h7-10,13-14H,4-6,11-12,15-16H2,1-3H3,(H2,23,25,26);1H. The Kier molecular flexibility index (Phi) is 9.99. The van der Waals surface area contributed by atoms with E-state index in [-0.39, 0.29) is 24.0 Å². The number of anilines is 1. The van der Waals surface area contributed by atoms with Gasteiger partial charge in [-0.1, -0.05) is 6.07 Å². The van der Waals surface area contributed by atoms with Crippen molar-refractivity contribution in [2.24, 2.45) is 4.99 Å². The number of pyridine rings is 1. The quantitative estimate of drug-likeness (QED) is 0.312. The van der Waals surface area contributed by atoms with E-state index in [1.807, 2.05) is 30.5 Å². The second kappa shape index (κ2) is 12.5. The fraction of sp³-hybridized carbons (Fsp3) is 0.455. The number of methoxy groups -OCH3 is 2. The summed E-state index contributed by atoms with van der Waals surface area (Å²) in [5.41, 5.74) is 2.25. The van der Waals surface area contributed by atoms with Crippen molar-refractivity contribution in [2.45, 2.75) is 32.9 Å². The molecule has 0 saturated carbocycles. The molecule has 0 unspecified atom stereocenters. The van der Waals surface area contributed by atoms with Gasteiger partial charge < -0.3 is 25.0 Å². The number of aromatic nitrogens is 1. The average molecular weight is 525 g/mol. The van der Waals surface area contributed by atoms with Gasteiger partial charge in [0.1, 0.15) is 5.82 Å². The average Bonchev–Trinajstić information content (AvgIpc) is 3.30. The van der Waals surface area contributed by atoms with Gasteiger partial charge in [0.2, 0.25) is 0 Å². The van der Waals surface area contributed by atoms with Crippen molar-refractivity contribution in [1.82, 2.24) is 15.6 Å². The zero-order chi connectivity index (χ0) is 20.5. The number of nitrogens with one attached hydrogen (secondary N) is 2. The topological polar surface area (TPSA) is 71.0 Å². The second-order valence-corrected chi connectivity index (χ2v) is 6.95. The molecule has 3 rings (SSSR count). The van der Waals surface area contributed by atoms with Crippen LogP contribution in [0.2, 0.25) is 0 Å². The number of aliphatic imine (C=N–C) groups is 1. The summed E-state index contributed by atoms with van der Waals surface area (Å²) in [5.74, 6) is 3.28. The first-order valence-corrected chi connectivity index (χ1v) is 10.2. The first kappa shape index (κ1) is 24.0. The molecule has 2 N–H and O–H groups in total. The molecule has 30 heavy (non-hydrogen) atoms. The predicted octanol–water partition coefficient (Wildman–Crippen LogP) is 3.57. The molecular weight excluding hydrogens is 493 g/mol. The number of hydrogen-bond acceptors (Lipinski definition) is 5. The minimum atomic E-state index is 0. The second-order valence-electron chi connectivity index (χ2n) is 6.95. The lowest BCUT2D eigenvalue weighted by molar-refractivity contribution is 0.354. The number of benzene rings is 1. The van der Waals surface area contributed by atoms with Crippen LogP contribution in [0.4, 0.5) is 5.82 Å². The van der Waals surface area contributed by atoms with E-state index in [0.29, 0.717) is 18.8 Å². The molecule has 8 heteroatoms. The first-order valence-electron chi connectivity index (χ1n) is 10.2. The lowest BCUT2D eigenvalue weighted by atomic mass is 10.2. The molecule has 1 aromatic heterocycles. The Labute approximate surface area is 196 Å². The summed E-state index contributed by atoms with van der Waals surface area (Å²) in [7, 11) is 3.28. The van der Waals surface area contributed by atoms with Crippen molar-refractivity contribution in [2.75, 3.05) is 38.8 Å². The third-order valence-corrected chi connectivity index (χ3v) is 4.91. The van der Waals surface area contributed by atoms with Crippen LogP contribution >= 0.6 is 24.0 Å². The Morgan fingerprint density at radius 2 is 1.80 bits per heavy atom. The summed E-state index contributed by atoms with van der Waals surface area (Å²) in [6.45, 7) is 6.30. The van der Waals surface area contributed by atoms with Gasteiger partial charge in [-0.2, -0.15) is 0 Å². The Bertz CT molecular complexity index is 825. The van der Waals surface area contributed by atoms with E-state index in [1.54, 1.807) is 14.2 Å². The zero-order valence-electron chi connectivity index (χ0n) is 18.0. The molecule has 1 saturated heterocycles. The lowest BCUT2D eigenvalue weighted by Gasteiger charge is -2.17. The molecule has 0 aliphatic carbocycles. The Morgan fingerprint density at radius 1 is 1.03 bits per heavy atom. The number of nitrogens with zero attached hydrogens (tertiary/aromatic N) is 3. The van der Waals surface area contributed by atoms with E-state index >= 15 is 0 Å². The van der Waals surface area contributed by atoms with Gasteiger partial charge in [-0.15, -0.1) is 24.0 Å². The molecule has 0 spiro atoms. The van der Waals surface area contributed by atoms with Crippen LogP contribution in [0.15, 0.2) is 41.5 Å². The van der Waals surface area contributed by atoms with Crippen LogP contribution in [0, 0.1) is 0 Å². The monoisotopic (exact) mass is 525 g/mol. The van der Waals surface area contributed by atoms with Gasteiger partial charge >= 0.3 is 0 Å². The largest absolute Gasteiger partial charge is 0.493 e. The summed E-state index contributed by atoms with van der Waals surface area (Å²) < 4.78 is 10.7. The van der Waals surface area contributed by atoms with Crippen LogP contribution in [-0.4, -0.2) is 44.8 Å². The molecule has 2 heterocycles. The maximum Gasteiger partial charge on any atom is 0.191 e. The Balaban J connectivity index is 0.00000320. The fourth-order valence-corrected chi connectivity index (χ4v) is 3.37. The smallest absolute Gasteiger partial charge is 0.191 e. The molecule has 164 valence electrons. The number of halogens is 1. The van der Waals surface area contributed by atoms with Gasteiger partial charge in [0.05, 0.1) is 20.8 Å². The molecule has 0 bridgehead atoms. The van der Waals surface area contributed by atoms with E-state index in [4.69, 9.17) is 14.5 Å². The molecule has 1 aliphatic rings. The highest BCUT2D eigenvalue weighted by atomic mass is 127. The summed E-state index contributed by atoms with van der Waals surface area (Å²) in [4.78, 5) is 11.6. The van der Waals surface area contributed by atoms with E-state index in [0.717, 1.165) is 42.7 Å². The first-order chi connectivity index (χ1) is 14.2. The minimum Gasteiger partial charge on any atom is -0.493 e. The lowest BCUT2D eigenvalue weighted by Crippen LogP contribution is -2.36. The highest BCUT2D eigenvalue weighted by Gasteiger charge is 2.13. The van der Waals surface area contributed by atoms with Crippen molar-refractivity contribution in [1.29, 1.82) is 0 Å². The predicted molar refractivity (Wildman–Crippen MR) is 132 cm³/mol. The van der Waals surface area contributed by atoms with E-state index in [9.17, 15) is 0 Å². The molecule has 2 aromatic rings. The summed E-state index contributed by atoms with van der Waals surface area (Å²) in [5, 5.41) is 6.71. The molecule has 0 atom stereocenters. The van der Waals surface area contributed by atoms with Crippen LogP contribution in [0.5, 0.6) is 11.5 Å². The van der Waals surface area contributed by atoms with E-state index in [1.165, 1.54) is 18.4 Å². The van der Waals surface area contributed by atoms with Crippen LogP contribution in [0.25, 0.3) is 0 Å². The van der Waals surface area contributed by atoms with Crippen molar-refractivity contribution < 1.29 is 9.47 Å². The molecular formula is C22H32IN5O2. The maximum absolute atomic E-state index is 5.38. The molecule has 1 fully saturated rings. The third kappa shape index (κ3) is 6.65. The highest BCUT2D eigenvalue weighted by molar-refractivity contribution is 14.0. The molecule has 1 aromatic carbocycles. The van der Waals surface area contributed by atoms with Crippen LogP contribution in [0.1, 0.15) is 30.9 Å². The van der Waals surface area contributed by atoms with Crippen molar-refractivity contribution in [3.63, 3.8) is 0 Å². The molecule has 7 nitrogen and oxygen atoms in total. The van der Waals surface area contributed by atoms with Crippen molar-refractivity contribution in [3.05, 3.63) is 47.7 Å². The van der Waals surface area contributed by atoms with Gasteiger partial charge in [0, 0.05) is 32.4 Å². The summed E-state index contributed by atoms with van der Waals surface area (Å²) >= 11 is 0. The summed E-state index contributed by atoms with van der Waals surface area (Å²) in [6, 6.07) is 10.1. The molecule has 1 aliphatic heterocycles. The summed E-state index contributed by atoms with van der Waals surface area (Å²) in [6.07, 6.45) is 4.38. The van der Waals surface area contributed by atoms with E-state index < -0.39 is 0 Å². The van der Waals surface area contributed by atoms with Crippen molar-refractivity contribution >= 4 is 35.8 Å². The van der Waals surface area contributed by atoms with Gasteiger partial charge in [-0.3, -0.25) is 0 Å². The van der Waals surface area contributed by atoms with Crippen LogP contribution in [0.3, 0.4) is 0 Å². The SMILES string of the molecule is CCNC(=NCc1ccc(OC)c(OC)c1)NCc1ccnc(N2CCCC2)c1.I.